The highest BCUT2D eigenvalue weighted by molar-refractivity contribution is 5.85. The van der Waals surface area contributed by atoms with E-state index in [1.165, 1.54) is 0 Å². The summed E-state index contributed by atoms with van der Waals surface area (Å²) in [6, 6.07) is 1.79. The lowest BCUT2D eigenvalue weighted by atomic mass is 10.3. The Morgan fingerprint density at radius 1 is 1.27 bits per heavy atom. The molecule has 0 aliphatic rings. The predicted molar refractivity (Wildman–Crippen MR) is 52.3 cm³/mol. The molecular formula is C6H11Cl2N3. The first-order chi connectivity index (χ1) is 4.20. The van der Waals surface area contributed by atoms with E-state index in [1.54, 1.807) is 12.3 Å². The topological polar surface area (TPSA) is 64.9 Å². The standard InChI is InChI=1S/C6H9N3.2ClH/c1-4-2-5(7)6(8)9-3-4;;/h2-3H,7H2,1H3,(H2,8,9);2*1H. The average molecular weight is 196 g/mol. The number of nitrogens with two attached hydrogens (primary N) is 2. The van der Waals surface area contributed by atoms with Crippen LogP contribution >= 0.6 is 24.8 Å². The van der Waals surface area contributed by atoms with Gasteiger partial charge in [0.15, 0.2) is 0 Å². The van der Waals surface area contributed by atoms with Gasteiger partial charge in [0, 0.05) is 6.20 Å². The Kier molecular flexibility index (Phi) is 5.94. The Hall–Kier alpha value is -0.670. The third-order valence-corrected chi connectivity index (χ3v) is 1.09. The van der Waals surface area contributed by atoms with Crippen LogP contribution in [0.4, 0.5) is 11.5 Å². The quantitative estimate of drug-likeness (QED) is 0.659. The van der Waals surface area contributed by atoms with Gasteiger partial charge in [0.05, 0.1) is 5.69 Å². The first-order valence-electron chi connectivity index (χ1n) is 2.68. The van der Waals surface area contributed by atoms with Gasteiger partial charge in [-0.25, -0.2) is 4.98 Å². The Labute approximate surface area is 78.0 Å². The summed E-state index contributed by atoms with van der Waals surface area (Å²) in [5, 5.41) is 0. The van der Waals surface area contributed by atoms with Crippen LogP contribution in [0.25, 0.3) is 0 Å². The third-order valence-electron chi connectivity index (χ3n) is 1.09. The van der Waals surface area contributed by atoms with Gasteiger partial charge in [-0.15, -0.1) is 24.8 Å². The van der Waals surface area contributed by atoms with Crippen molar-refractivity contribution in [3.05, 3.63) is 17.8 Å². The van der Waals surface area contributed by atoms with Gasteiger partial charge in [-0.3, -0.25) is 0 Å². The second-order valence-electron chi connectivity index (χ2n) is 1.99. The number of pyridine rings is 1. The van der Waals surface area contributed by atoms with E-state index in [1.807, 2.05) is 6.92 Å². The maximum Gasteiger partial charge on any atom is 0.146 e. The van der Waals surface area contributed by atoms with Gasteiger partial charge in [-0.2, -0.15) is 0 Å². The van der Waals surface area contributed by atoms with Gasteiger partial charge in [-0.05, 0) is 18.6 Å². The van der Waals surface area contributed by atoms with Crippen molar-refractivity contribution in [3.8, 4) is 0 Å². The molecule has 3 nitrogen and oxygen atoms in total. The van der Waals surface area contributed by atoms with Gasteiger partial charge >= 0.3 is 0 Å². The minimum atomic E-state index is 0. The van der Waals surface area contributed by atoms with Gasteiger partial charge in [-0.1, -0.05) is 0 Å². The molecule has 5 heteroatoms. The van der Waals surface area contributed by atoms with Crippen molar-refractivity contribution in [2.45, 2.75) is 6.92 Å². The molecule has 0 atom stereocenters. The van der Waals surface area contributed by atoms with Gasteiger partial charge in [0.1, 0.15) is 5.82 Å². The van der Waals surface area contributed by atoms with Gasteiger partial charge in [0.25, 0.3) is 0 Å². The lowest BCUT2D eigenvalue weighted by molar-refractivity contribution is 1.28. The van der Waals surface area contributed by atoms with Crippen LogP contribution in [0.5, 0.6) is 0 Å². The maximum absolute atomic E-state index is 5.43. The van der Waals surface area contributed by atoms with E-state index in [4.69, 9.17) is 11.5 Å². The molecule has 1 aromatic heterocycles. The van der Waals surface area contributed by atoms with E-state index in [-0.39, 0.29) is 24.8 Å². The molecule has 0 saturated heterocycles. The van der Waals surface area contributed by atoms with Gasteiger partial charge < -0.3 is 11.5 Å². The number of aryl methyl sites for hydroxylation is 1. The van der Waals surface area contributed by atoms with Gasteiger partial charge in [0.2, 0.25) is 0 Å². The van der Waals surface area contributed by atoms with Crippen LogP contribution in [0.15, 0.2) is 12.3 Å². The highest BCUT2D eigenvalue weighted by Crippen LogP contribution is 2.10. The van der Waals surface area contributed by atoms with E-state index in [0.29, 0.717) is 11.5 Å². The third kappa shape index (κ3) is 3.30. The molecule has 4 N–H and O–H groups in total. The van der Waals surface area contributed by atoms with Crippen molar-refractivity contribution < 1.29 is 0 Å². The Morgan fingerprint density at radius 2 is 1.82 bits per heavy atom. The number of hydrogen-bond donors (Lipinski definition) is 2. The fourth-order valence-corrected chi connectivity index (χ4v) is 0.602. The monoisotopic (exact) mass is 195 g/mol. The minimum absolute atomic E-state index is 0. The lowest BCUT2D eigenvalue weighted by Crippen LogP contribution is -1.97. The molecular weight excluding hydrogens is 185 g/mol. The van der Waals surface area contributed by atoms with Crippen LogP contribution in [0, 0.1) is 6.92 Å². The normalized spacial score (nSPS) is 7.73. The van der Waals surface area contributed by atoms with E-state index < -0.39 is 0 Å². The second kappa shape index (κ2) is 5.04. The van der Waals surface area contributed by atoms with Crippen LogP contribution in [0.1, 0.15) is 5.56 Å². The highest BCUT2D eigenvalue weighted by Gasteiger charge is 1.92. The molecule has 0 bridgehead atoms. The number of nitrogens with zero attached hydrogens (tertiary/aromatic N) is 1. The molecule has 0 aliphatic carbocycles. The maximum atomic E-state index is 5.43. The number of aromatic nitrogens is 1. The molecule has 1 aromatic rings. The van der Waals surface area contributed by atoms with E-state index in [2.05, 4.69) is 4.98 Å². The first-order valence-corrected chi connectivity index (χ1v) is 2.68. The summed E-state index contributed by atoms with van der Waals surface area (Å²) in [7, 11) is 0. The predicted octanol–water partition coefficient (Wildman–Crippen LogP) is 1.40. The van der Waals surface area contributed by atoms with Crippen LogP contribution in [-0.2, 0) is 0 Å². The molecule has 11 heavy (non-hydrogen) atoms. The number of nitrogen functional groups attached to an aromatic ring is 2. The molecule has 1 heterocycles. The molecule has 64 valence electrons. The largest absolute Gasteiger partial charge is 0.396 e. The number of hydrogen-bond acceptors (Lipinski definition) is 3. The minimum Gasteiger partial charge on any atom is -0.396 e. The Morgan fingerprint density at radius 3 is 2.18 bits per heavy atom. The molecule has 0 radical (unpaired) electrons. The lowest BCUT2D eigenvalue weighted by Gasteiger charge is -1.97. The highest BCUT2D eigenvalue weighted by atomic mass is 35.5. The average Bonchev–Trinajstić information content (AvgIpc) is 1.80. The van der Waals surface area contributed by atoms with Crippen molar-refractivity contribution in [1.82, 2.24) is 4.98 Å². The van der Waals surface area contributed by atoms with E-state index in [0.717, 1.165) is 5.56 Å². The summed E-state index contributed by atoms with van der Waals surface area (Å²) in [6.07, 6.45) is 1.69. The Balaban J connectivity index is 0. The summed E-state index contributed by atoms with van der Waals surface area (Å²) >= 11 is 0. The summed E-state index contributed by atoms with van der Waals surface area (Å²) in [5.41, 5.74) is 12.4. The fourth-order valence-electron chi connectivity index (χ4n) is 0.602. The van der Waals surface area contributed by atoms with Crippen molar-refractivity contribution >= 4 is 36.3 Å². The molecule has 0 spiro atoms. The van der Waals surface area contributed by atoms with Crippen LogP contribution in [-0.4, -0.2) is 4.98 Å². The summed E-state index contributed by atoms with van der Waals surface area (Å²) in [5.74, 6) is 0.403. The molecule has 0 fully saturated rings. The van der Waals surface area contributed by atoms with Crippen LogP contribution in [0.2, 0.25) is 0 Å². The number of rotatable bonds is 0. The molecule has 0 aromatic carbocycles. The van der Waals surface area contributed by atoms with Crippen LogP contribution in [0.3, 0.4) is 0 Å². The molecule has 1 rings (SSSR count). The van der Waals surface area contributed by atoms with Crippen molar-refractivity contribution in [1.29, 1.82) is 0 Å². The summed E-state index contributed by atoms with van der Waals surface area (Å²) < 4.78 is 0. The fraction of sp³-hybridized carbons (Fsp3) is 0.167. The number of anilines is 2. The van der Waals surface area contributed by atoms with E-state index in [9.17, 15) is 0 Å². The first kappa shape index (κ1) is 13.0. The van der Waals surface area contributed by atoms with Crippen LogP contribution < -0.4 is 11.5 Å². The zero-order chi connectivity index (χ0) is 6.85. The second-order valence-corrected chi connectivity index (χ2v) is 1.99. The molecule has 0 unspecified atom stereocenters. The van der Waals surface area contributed by atoms with E-state index >= 15 is 0 Å². The number of halogens is 2. The zero-order valence-electron chi connectivity index (χ0n) is 6.07. The molecule has 0 aliphatic heterocycles. The SMILES string of the molecule is Cc1cnc(N)c(N)c1.Cl.Cl. The molecule has 0 amide bonds. The van der Waals surface area contributed by atoms with Crippen molar-refractivity contribution in [2.24, 2.45) is 0 Å². The van der Waals surface area contributed by atoms with Crippen molar-refractivity contribution in [2.75, 3.05) is 11.5 Å². The molecule has 0 saturated carbocycles. The smallest absolute Gasteiger partial charge is 0.146 e. The Bertz CT molecular complexity index is 227. The van der Waals surface area contributed by atoms with Crippen molar-refractivity contribution in [3.63, 3.8) is 0 Å². The summed E-state index contributed by atoms with van der Waals surface area (Å²) in [6.45, 7) is 1.92. The summed E-state index contributed by atoms with van der Waals surface area (Å²) in [4.78, 5) is 3.83. The zero-order valence-corrected chi connectivity index (χ0v) is 7.71.